The zero-order valence-electron chi connectivity index (χ0n) is 19.7. The Kier molecular flexibility index (Phi) is 6.06. The third-order valence-electron chi connectivity index (χ3n) is 6.28. The van der Waals surface area contributed by atoms with E-state index in [9.17, 15) is 10.0 Å². The molecule has 2 heterocycles. The molecular weight excluding hydrogens is 440 g/mol. The van der Waals surface area contributed by atoms with Gasteiger partial charge in [0.05, 0.1) is 5.71 Å². The number of aryl methyl sites for hydroxylation is 1. The molecule has 0 bridgehead atoms. The summed E-state index contributed by atoms with van der Waals surface area (Å²) in [5.41, 5.74) is 7.45. The highest BCUT2D eigenvalue weighted by Gasteiger charge is 2.23. The SMILES string of the molecule is CN(C)c1ccc(CNC(=O)c2cc(-c3ccncc3)c(-c3ccc4c(c3)CC/C4=N\O)o2)cc1. The molecule has 176 valence electrons. The third-order valence-corrected chi connectivity index (χ3v) is 6.28. The van der Waals surface area contributed by atoms with Crippen LogP contribution in [0.25, 0.3) is 22.5 Å². The van der Waals surface area contributed by atoms with Crippen LogP contribution in [0.15, 0.2) is 82.6 Å². The Hall–Kier alpha value is -4.39. The van der Waals surface area contributed by atoms with Crippen LogP contribution in [0.3, 0.4) is 0 Å². The lowest BCUT2D eigenvalue weighted by molar-refractivity contribution is 0.0924. The highest BCUT2D eigenvalue weighted by Crippen LogP contribution is 2.37. The molecule has 1 amide bonds. The molecule has 0 radical (unpaired) electrons. The van der Waals surface area contributed by atoms with Crippen molar-refractivity contribution in [2.45, 2.75) is 19.4 Å². The summed E-state index contributed by atoms with van der Waals surface area (Å²) < 4.78 is 6.15. The lowest BCUT2D eigenvalue weighted by atomic mass is 9.99. The minimum Gasteiger partial charge on any atom is -0.450 e. The summed E-state index contributed by atoms with van der Waals surface area (Å²) >= 11 is 0. The van der Waals surface area contributed by atoms with Crippen LogP contribution < -0.4 is 10.2 Å². The van der Waals surface area contributed by atoms with Crippen LogP contribution in [0, 0.1) is 0 Å². The number of amides is 1. The molecule has 0 spiro atoms. The maximum atomic E-state index is 13.0. The fourth-order valence-corrected chi connectivity index (χ4v) is 4.36. The second-order valence-corrected chi connectivity index (χ2v) is 8.75. The zero-order valence-corrected chi connectivity index (χ0v) is 19.7. The first-order valence-electron chi connectivity index (χ1n) is 11.5. The van der Waals surface area contributed by atoms with Crippen molar-refractivity contribution in [3.8, 4) is 22.5 Å². The maximum absolute atomic E-state index is 13.0. The molecule has 0 saturated carbocycles. The number of nitrogens with one attached hydrogen (secondary N) is 1. The predicted octanol–water partition coefficient (Wildman–Crippen LogP) is 5.13. The molecule has 0 saturated heterocycles. The van der Waals surface area contributed by atoms with Gasteiger partial charge in [-0.1, -0.05) is 29.4 Å². The van der Waals surface area contributed by atoms with Gasteiger partial charge in [0, 0.05) is 55.4 Å². The van der Waals surface area contributed by atoms with Crippen molar-refractivity contribution in [1.29, 1.82) is 0 Å². The lowest BCUT2D eigenvalue weighted by Crippen LogP contribution is -2.22. The maximum Gasteiger partial charge on any atom is 0.287 e. The van der Waals surface area contributed by atoms with E-state index in [2.05, 4.69) is 15.5 Å². The van der Waals surface area contributed by atoms with E-state index in [0.717, 1.165) is 45.5 Å². The molecule has 2 aromatic carbocycles. The normalized spacial score (nSPS) is 13.6. The number of anilines is 1. The number of rotatable bonds is 6. The summed E-state index contributed by atoms with van der Waals surface area (Å²) in [6.45, 7) is 0.398. The van der Waals surface area contributed by atoms with E-state index in [1.807, 2.05) is 73.6 Å². The van der Waals surface area contributed by atoms with Gasteiger partial charge in [0.25, 0.3) is 5.91 Å². The Labute approximate surface area is 203 Å². The van der Waals surface area contributed by atoms with Crippen LogP contribution in [0.1, 0.15) is 33.7 Å². The smallest absolute Gasteiger partial charge is 0.287 e. The van der Waals surface area contributed by atoms with Gasteiger partial charge in [-0.3, -0.25) is 9.78 Å². The van der Waals surface area contributed by atoms with Crippen LogP contribution in [0.4, 0.5) is 5.69 Å². The fraction of sp³-hybridized carbons (Fsp3) is 0.179. The number of hydrogen-bond acceptors (Lipinski definition) is 6. The number of carbonyl (C=O) groups is 1. The van der Waals surface area contributed by atoms with Gasteiger partial charge in [0.2, 0.25) is 0 Å². The largest absolute Gasteiger partial charge is 0.450 e. The highest BCUT2D eigenvalue weighted by molar-refractivity contribution is 6.04. The molecule has 0 unspecified atom stereocenters. The van der Waals surface area contributed by atoms with Gasteiger partial charge in [-0.15, -0.1) is 0 Å². The summed E-state index contributed by atoms with van der Waals surface area (Å²) in [6, 6.07) is 19.5. The summed E-state index contributed by atoms with van der Waals surface area (Å²) in [7, 11) is 3.98. The van der Waals surface area contributed by atoms with Crippen LogP contribution in [0.2, 0.25) is 0 Å². The molecule has 5 rings (SSSR count). The summed E-state index contributed by atoms with van der Waals surface area (Å²) in [5, 5.41) is 15.6. The van der Waals surface area contributed by atoms with E-state index in [0.29, 0.717) is 24.4 Å². The van der Waals surface area contributed by atoms with Gasteiger partial charge in [-0.2, -0.15) is 0 Å². The number of furan rings is 1. The third kappa shape index (κ3) is 4.53. The molecule has 35 heavy (non-hydrogen) atoms. The molecular formula is C28H26N4O3. The van der Waals surface area contributed by atoms with Crippen molar-refractivity contribution < 1.29 is 14.4 Å². The number of pyridine rings is 1. The molecule has 2 N–H and O–H groups in total. The summed E-state index contributed by atoms with van der Waals surface area (Å²) in [4.78, 5) is 19.2. The minimum absolute atomic E-state index is 0.245. The number of hydrogen-bond donors (Lipinski definition) is 2. The van der Waals surface area contributed by atoms with Gasteiger partial charge in [0.15, 0.2) is 5.76 Å². The molecule has 0 atom stereocenters. The van der Waals surface area contributed by atoms with E-state index < -0.39 is 0 Å². The van der Waals surface area contributed by atoms with Gasteiger partial charge >= 0.3 is 0 Å². The van der Waals surface area contributed by atoms with Crippen LogP contribution in [0.5, 0.6) is 0 Å². The first kappa shape index (κ1) is 22.4. The number of benzene rings is 2. The number of aromatic nitrogens is 1. The van der Waals surface area contributed by atoms with E-state index in [1.165, 1.54) is 0 Å². The minimum atomic E-state index is -0.279. The average Bonchev–Trinajstić information content (AvgIpc) is 3.52. The Balaban J connectivity index is 1.44. The van der Waals surface area contributed by atoms with Crippen molar-refractivity contribution in [3.63, 3.8) is 0 Å². The van der Waals surface area contributed by atoms with Crippen LogP contribution in [-0.4, -0.2) is 35.9 Å². The average molecular weight is 467 g/mol. The van der Waals surface area contributed by atoms with Crippen LogP contribution >= 0.6 is 0 Å². The number of oxime groups is 1. The van der Waals surface area contributed by atoms with Crippen molar-refractivity contribution >= 4 is 17.3 Å². The van der Waals surface area contributed by atoms with E-state index in [-0.39, 0.29) is 11.7 Å². The summed E-state index contributed by atoms with van der Waals surface area (Å²) in [5.74, 6) is 0.586. The molecule has 7 nitrogen and oxygen atoms in total. The van der Waals surface area contributed by atoms with Crippen molar-refractivity contribution in [1.82, 2.24) is 10.3 Å². The molecule has 4 aromatic rings. The second kappa shape index (κ2) is 9.46. The predicted molar refractivity (Wildman–Crippen MR) is 136 cm³/mol. The highest BCUT2D eigenvalue weighted by atomic mass is 16.4. The molecule has 1 aliphatic carbocycles. The second-order valence-electron chi connectivity index (χ2n) is 8.75. The van der Waals surface area contributed by atoms with Gasteiger partial charge < -0.3 is 19.8 Å². The number of fused-ring (bicyclic) bond motifs is 1. The topological polar surface area (TPSA) is 91.0 Å². The zero-order chi connectivity index (χ0) is 24.4. The number of carbonyl (C=O) groups excluding carboxylic acids is 1. The first-order valence-corrected chi connectivity index (χ1v) is 11.5. The molecule has 0 aliphatic heterocycles. The van der Waals surface area contributed by atoms with Gasteiger partial charge in [-0.25, -0.2) is 0 Å². The van der Waals surface area contributed by atoms with E-state index >= 15 is 0 Å². The van der Waals surface area contributed by atoms with E-state index in [4.69, 9.17) is 4.42 Å². The van der Waals surface area contributed by atoms with Crippen molar-refractivity contribution in [2.24, 2.45) is 5.16 Å². The Bertz CT molecular complexity index is 1390. The standard InChI is InChI=1S/C28H26N4O3/c1-32(2)22-7-3-18(4-8-22)17-30-28(33)26-16-24(19-11-13-29-14-12-19)27(35-26)21-5-9-23-20(15-21)6-10-25(23)31-34/h3-5,7-9,11-16,34H,6,10,17H2,1-2H3,(H,30,33)/b31-25+. The monoisotopic (exact) mass is 466 g/mol. The van der Waals surface area contributed by atoms with E-state index in [1.54, 1.807) is 18.5 Å². The Morgan fingerprint density at radius 1 is 1.00 bits per heavy atom. The quantitative estimate of drug-likeness (QED) is 0.304. The van der Waals surface area contributed by atoms with Crippen molar-refractivity contribution in [2.75, 3.05) is 19.0 Å². The lowest BCUT2D eigenvalue weighted by Gasteiger charge is -2.12. The van der Waals surface area contributed by atoms with Crippen LogP contribution in [-0.2, 0) is 13.0 Å². The Morgan fingerprint density at radius 2 is 1.77 bits per heavy atom. The number of nitrogens with zero attached hydrogens (tertiary/aromatic N) is 3. The van der Waals surface area contributed by atoms with Crippen molar-refractivity contribution in [3.05, 3.63) is 95.5 Å². The van der Waals surface area contributed by atoms with Gasteiger partial charge in [-0.05, 0) is 65.9 Å². The molecule has 0 fully saturated rings. The molecule has 1 aliphatic rings. The first-order chi connectivity index (χ1) is 17.0. The summed E-state index contributed by atoms with van der Waals surface area (Å²) in [6.07, 6.45) is 4.94. The van der Waals surface area contributed by atoms with Gasteiger partial charge in [0.1, 0.15) is 5.76 Å². The Morgan fingerprint density at radius 3 is 2.49 bits per heavy atom. The molecule has 7 heteroatoms. The fourth-order valence-electron chi connectivity index (χ4n) is 4.36. The molecule has 2 aromatic heterocycles.